The van der Waals surface area contributed by atoms with Crippen molar-refractivity contribution in [1.82, 2.24) is 9.62 Å². The molecule has 1 heterocycles. The minimum absolute atomic E-state index is 0. The van der Waals surface area contributed by atoms with Crippen molar-refractivity contribution in [1.29, 1.82) is 0 Å². The first kappa shape index (κ1) is 19.8. The van der Waals surface area contributed by atoms with E-state index >= 15 is 0 Å². The van der Waals surface area contributed by atoms with Gasteiger partial charge in [0.25, 0.3) is 5.69 Å². The maximum atomic E-state index is 12.9. The highest BCUT2D eigenvalue weighted by Crippen LogP contribution is 2.32. The Hall–Kier alpha value is -1.22. The van der Waals surface area contributed by atoms with E-state index in [1.165, 1.54) is 10.4 Å². The van der Waals surface area contributed by atoms with E-state index in [1.54, 1.807) is 27.0 Å². The minimum Gasteiger partial charge on any atom is -0.316 e. The average molecular weight is 364 g/mol. The number of sulfonamides is 1. The summed E-state index contributed by atoms with van der Waals surface area (Å²) < 4.78 is 27.2. The largest absolute Gasteiger partial charge is 0.316 e. The van der Waals surface area contributed by atoms with Crippen molar-refractivity contribution in [2.24, 2.45) is 0 Å². The fourth-order valence-corrected chi connectivity index (χ4v) is 4.73. The summed E-state index contributed by atoms with van der Waals surface area (Å²) in [6.45, 7) is 4.10. The lowest BCUT2D eigenvalue weighted by Crippen LogP contribution is -2.47. The van der Waals surface area contributed by atoms with Crippen LogP contribution in [0.5, 0.6) is 0 Å². The van der Waals surface area contributed by atoms with Gasteiger partial charge in [0.05, 0.1) is 4.92 Å². The molecule has 0 radical (unpaired) electrons. The van der Waals surface area contributed by atoms with Crippen LogP contribution in [-0.4, -0.2) is 43.8 Å². The van der Waals surface area contributed by atoms with E-state index in [2.05, 4.69) is 5.32 Å². The van der Waals surface area contributed by atoms with Gasteiger partial charge in [-0.1, -0.05) is 6.07 Å². The SMILES string of the molecule is CNC1CCCN(S(=O)(=O)c2c([N+](=O)[O-])ccc(C)c2C)C1.Cl. The molecular formula is C14H22ClN3O4S. The first-order valence-corrected chi connectivity index (χ1v) is 8.65. The molecule has 1 unspecified atom stereocenters. The zero-order valence-electron chi connectivity index (χ0n) is 13.4. The molecule has 1 aromatic rings. The Labute approximate surface area is 142 Å². The van der Waals surface area contributed by atoms with E-state index in [0.717, 1.165) is 18.4 Å². The van der Waals surface area contributed by atoms with Crippen molar-refractivity contribution in [3.8, 4) is 0 Å². The highest BCUT2D eigenvalue weighted by Gasteiger charge is 2.36. The normalized spacial score (nSPS) is 19.2. The summed E-state index contributed by atoms with van der Waals surface area (Å²) in [7, 11) is -2.09. The predicted molar refractivity (Wildman–Crippen MR) is 90.7 cm³/mol. The van der Waals surface area contributed by atoms with E-state index in [1.807, 2.05) is 0 Å². The third-order valence-corrected chi connectivity index (χ3v) is 6.29. The number of nitrogens with one attached hydrogen (secondary N) is 1. The summed E-state index contributed by atoms with van der Waals surface area (Å²) in [6.07, 6.45) is 1.64. The highest BCUT2D eigenvalue weighted by atomic mass is 35.5. The number of hydrogen-bond acceptors (Lipinski definition) is 5. The van der Waals surface area contributed by atoms with Crippen molar-refractivity contribution < 1.29 is 13.3 Å². The number of nitrogens with zero attached hydrogens (tertiary/aromatic N) is 2. The molecule has 1 aromatic carbocycles. The van der Waals surface area contributed by atoms with Gasteiger partial charge in [0.2, 0.25) is 10.0 Å². The lowest BCUT2D eigenvalue weighted by atomic mass is 10.1. The number of benzene rings is 1. The van der Waals surface area contributed by atoms with E-state index in [9.17, 15) is 18.5 Å². The number of aryl methyl sites for hydroxylation is 1. The van der Waals surface area contributed by atoms with Gasteiger partial charge in [0, 0.05) is 25.2 Å². The summed E-state index contributed by atoms with van der Waals surface area (Å²) >= 11 is 0. The van der Waals surface area contributed by atoms with Gasteiger partial charge < -0.3 is 5.32 Å². The van der Waals surface area contributed by atoms with Crippen molar-refractivity contribution in [3.05, 3.63) is 33.4 Å². The molecule has 2 rings (SSSR count). The monoisotopic (exact) mass is 363 g/mol. The molecule has 7 nitrogen and oxygen atoms in total. The van der Waals surface area contributed by atoms with E-state index in [0.29, 0.717) is 18.7 Å². The molecule has 1 atom stereocenters. The molecule has 0 bridgehead atoms. The van der Waals surface area contributed by atoms with Crippen LogP contribution in [0, 0.1) is 24.0 Å². The summed E-state index contributed by atoms with van der Waals surface area (Å²) in [4.78, 5) is 10.4. The Balaban J connectivity index is 0.00000264. The smallest absolute Gasteiger partial charge is 0.289 e. The zero-order valence-corrected chi connectivity index (χ0v) is 15.0. The molecule has 0 aliphatic carbocycles. The Kier molecular flexibility index (Phi) is 6.52. The predicted octanol–water partition coefficient (Wildman–Crippen LogP) is 2.01. The number of hydrogen-bond donors (Lipinski definition) is 1. The van der Waals surface area contributed by atoms with Crippen LogP contribution in [0.15, 0.2) is 17.0 Å². The molecule has 1 aliphatic rings. The van der Waals surface area contributed by atoms with Crippen molar-refractivity contribution in [2.45, 2.75) is 37.6 Å². The van der Waals surface area contributed by atoms with Crippen LogP contribution in [0.1, 0.15) is 24.0 Å². The molecule has 0 amide bonds. The fraction of sp³-hybridized carbons (Fsp3) is 0.571. The molecule has 1 N–H and O–H groups in total. The molecule has 1 fully saturated rings. The fourth-order valence-electron chi connectivity index (χ4n) is 2.77. The molecule has 0 spiro atoms. The molecule has 1 saturated heterocycles. The van der Waals surface area contributed by atoms with E-state index in [4.69, 9.17) is 0 Å². The minimum atomic E-state index is -3.88. The van der Waals surface area contributed by atoms with Crippen LogP contribution >= 0.6 is 12.4 Å². The Morgan fingerprint density at radius 2 is 2.00 bits per heavy atom. The second kappa shape index (κ2) is 7.57. The lowest BCUT2D eigenvalue weighted by molar-refractivity contribution is -0.388. The maximum absolute atomic E-state index is 12.9. The van der Waals surface area contributed by atoms with E-state index < -0.39 is 14.9 Å². The second-order valence-electron chi connectivity index (χ2n) is 5.60. The number of nitro groups is 1. The van der Waals surface area contributed by atoms with Crippen molar-refractivity contribution in [2.75, 3.05) is 20.1 Å². The van der Waals surface area contributed by atoms with Gasteiger partial charge in [-0.15, -0.1) is 12.4 Å². The van der Waals surface area contributed by atoms with Crippen molar-refractivity contribution >= 4 is 28.1 Å². The third kappa shape index (κ3) is 3.82. The standard InChI is InChI=1S/C14H21N3O4S.ClH/c1-10-6-7-13(17(18)19)14(11(10)2)22(20,21)16-8-4-5-12(9-16)15-3;/h6-7,12,15H,4-5,8-9H2,1-3H3;1H. The number of rotatable bonds is 4. The first-order valence-electron chi connectivity index (χ1n) is 7.21. The van der Waals surface area contributed by atoms with Crippen LogP contribution < -0.4 is 5.32 Å². The lowest BCUT2D eigenvalue weighted by Gasteiger charge is -2.32. The van der Waals surface area contributed by atoms with Crippen LogP contribution in [0.2, 0.25) is 0 Å². The third-order valence-electron chi connectivity index (χ3n) is 4.24. The number of likely N-dealkylation sites (N-methyl/N-ethyl adjacent to an activating group) is 1. The number of nitro benzene ring substituents is 1. The van der Waals surface area contributed by atoms with Gasteiger partial charge in [-0.25, -0.2) is 8.42 Å². The summed E-state index contributed by atoms with van der Waals surface area (Å²) in [6, 6.07) is 2.93. The quantitative estimate of drug-likeness (QED) is 0.652. The molecule has 130 valence electrons. The molecule has 9 heteroatoms. The first-order chi connectivity index (χ1) is 10.3. The Morgan fingerprint density at radius 3 is 2.57 bits per heavy atom. The van der Waals surface area contributed by atoms with Crippen LogP contribution in [0.25, 0.3) is 0 Å². The summed E-state index contributed by atoms with van der Waals surface area (Å²) in [5.41, 5.74) is 0.821. The Bertz CT molecular complexity index is 694. The van der Waals surface area contributed by atoms with Gasteiger partial charge in [-0.2, -0.15) is 4.31 Å². The topological polar surface area (TPSA) is 92.6 Å². The van der Waals surface area contributed by atoms with Crippen LogP contribution in [-0.2, 0) is 10.0 Å². The van der Waals surface area contributed by atoms with Crippen molar-refractivity contribution in [3.63, 3.8) is 0 Å². The molecule has 1 aliphatic heterocycles. The van der Waals surface area contributed by atoms with Gasteiger partial charge in [-0.05, 0) is 44.9 Å². The van der Waals surface area contributed by atoms with Crippen LogP contribution in [0.3, 0.4) is 0 Å². The molecule has 0 aromatic heterocycles. The van der Waals surface area contributed by atoms with Gasteiger partial charge >= 0.3 is 0 Å². The van der Waals surface area contributed by atoms with Crippen LogP contribution in [0.4, 0.5) is 5.69 Å². The molecule has 23 heavy (non-hydrogen) atoms. The highest BCUT2D eigenvalue weighted by molar-refractivity contribution is 7.89. The Morgan fingerprint density at radius 1 is 1.35 bits per heavy atom. The zero-order chi connectivity index (χ0) is 16.5. The van der Waals surface area contributed by atoms with Gasteiger partial charge in [-0.3, -0.25) is 10.1 Å². The average Bonchev–Trinajstić information content (AvgIpc) is 2.49. The molecular weight excluding hydrogens is 342 g/mol. The molecule has 0 saturated carbocycles. The summed E-state index contributed by atoms with van der Waals surface area (Å²) in [5.74, 6) is 0. The second-order valence-corrected chi connectivity index (χ2v) is 7.48. The maximum Gasteiger partial charge on any atom is 0.289 e. The summed E-state index contributed by atoms with van der Waals surface area (Å²) in [5, 5.41) is 14.3. The van der Waals surface area contributed by atoms with Gasteiger partial charge in [0.15, 0.2) is 4.90 Å². The van der Waals surface area contributed by atoms with E-state index in [-0.39, 0.29) is 29.0 Å². The van der Waals surface area contributed by atoms with Gasteiger partial charge in [0.1, 0.15) is 0 Å². The number of halogens is 1. The number of piperidine rings is 1.